The first-order valence-electron chi connectivity index (χ1n) is 12.9. The molecule has 1 N–H and O–H groups in total. The summed E-state index contributed by atoms with van der Waals surface area (Å²) in [6.45, 7) is 5.88. The van der Waals surface area contributed by atoms with Crippen LogP contribution >= 0.6 is 0 Å². The highest BCUT2D eigenvalue weighted by Crippen LogP contribution is 2.33. The maximum atomic E-state index is 13.6. The minimum atomic E-state index is -3.67. The Balaban J connectivity index is 1.66. The molecule has 192 valence electrons. The van der Waals surface area contributed by atoms with Gasteiger partial charge in [-0.15, -0.1) is 0 Å². The molecule has 9 heteroatoms. The average molecular weight is 503 g/mol. The number of aromatic nitrogens is 2. The van der Waals surface area contributed by atoms with Crippen molar-refractivity contribution in [3.8, 4) is 0 Å². The Morgan fingerprint density at radius 3 is 2.69 bits per heavy atom. The van der Waals surface area contributed by atoms with Gasteiger partial charge in [-0.3, -0.25) is 0 Å². The molecule has 2 aliphatic rings. The fourth-order valence-corrected chi connectivity index (χ4v) is 6.78. The lowest BCUT2D eigenvalue weighted by atomic mass is 9.95. The minimum Gasteiger partial charge on any atom is -0.376 e. The molecule has 2 amide bonds. The van der Waals surface area contributed by atoms with Crippen molar-refractivity contribution in [2.75, 3.05) is 19.7 Å². The van der Waals surface area contributed by atoms with Gasteiger partial charge in [-0.25, -0.2) is 18.2 Å². The van der Waals surface area contributed by atoms with Crippen molar-refractivity contribution in [1.82, 2.24) is 19.8 Å². The second-order valence-corrected chi connectivity index (χ2v) is 11.7. The Morgan fingerprint density at radius 1 is 1.20 bits per heavy atom. The largest absolute Gasteiger partial charge is 0.376 e. The summed E-state index contributed by atoms with van der Waals surface area (Å²) in [5, 5.41) is 3.02. The van der Waals surface area contributed by atoms with E-state index in [2.05, 4.69) is 10.3 Å². The van der Waals surface area contributed by atoms with Crippen molar-refractivity contribution in [1.29, 1.82) is 0 Å². The van der Waals surface area contributed by atoms with E-state index in [4.69, 9.17) is 4.74 Å². The molecule has 4 rings (SSSR count). The van der Waals surface area contributed by atoms with Crippen molar-refractivity contribution >= 4 is 15.9 Å². The number of carbonyl (C=O) groups is 1. The third kappa shape index (κ3) is 6.44. The molecule has 1 aliphatic carbocycles. The summed E-state index contributed by atoms with van der Waals surface area (Å²) in [4.78, 5) is 19.1. The highest BCUT2D eigenvalue weighted by molar-refractivity contribution is 7.90. The van der Waals surface area contributed by atoms with Gasteiger partial charge in [0.2, 0.25) is 15.0 Å². The molecule has 1 unspecified atom stereocenters. The normalized spacial score (nSPS) is 19.1. The maximum Gasteiger partial charge on any atom is 0.317 e. The first-order chi connectivity index (χ1) is 16.9. The number of imidazole rings is 1. The van der Waals surface area contributed by atoms with Crippen LogP contribution in [0.4, 0.5) is 4.79 Å². The topological polar surface area (TPSA) is 93.5 Å². The van der Waals surface area contributed by atoms with E-state index in [9.17, 15) is 13.2 Å². The van der Waals surface area contributed by atoms with Gasteiger partial charge in [0.15, 0.2) is 0 Å². The molecule has 2 heterocycles. The van der Waals surface area contributed by atoms with Crippen LogP contribution in [0.15, 0.2) is 35.6 Å². The highest BCUT2D eigenvalue weighted by atomic mass is 32.2. The van der Waals surface area contributed by atoms with E-state index in [1.165, 1.54) is 0 Å². The molecule has 1 atom stereocenters. The van der Waals surface area contributed by atoms with Gasteiger partial charge in [-0.2, -0.15) is 0 Å². The summed E-state index contributed by atoms with van der Waals surface area (Å²) in [6, 6.07) is 7.50. The van der Waals surface area contributed by atoms with Gasteiger partial charge in [-0.05, 0) is 45.1 Å². The molecule has 1 aromatic carbocycles. The smallest absolute Gasteiger partial charge is 0.317 e. The van der Waals surface area contributed by atoms with Crippen LogP contribution in [0.5, 0.6) is 0 Å². The lowest BCUT2D eigenvalue weighted by molar-refractivity contribution is 0.0787. The number of hydrogen-bond acceptors (Lipinski definition) is 5. The van der Waals surface area contributed by atoms with E-state index in [1.54, 1.807) is 11.1 Å². The molecular weight excluding hydrogens is 464 g/mol. The number of nitrogens with zero attached hydrogens (tertiary/aromatic N) is 3. The Labute approximate surface area is 209 Å². The number of nitrogens with one attached hydrogen (secondary N) is 1. The highest BCUT2D eigenvalue weighted by Gasteiger charge is 2.31. The summed E-state index contributed by atoms with van der Waals surface area (Å²) >= 11 is 0. The minimum absolute atomic E-state index is 0.00758. The van der Waals surface area contributed by atoms with Crippen LogP contribution < -0.4 is 5.32 Å². The SMILES string of the molecule is CCNC(=O)N(Cc1cnc(S(=O)(=O)Cc2cccc(C)c2)n1C1CCCCC1)CC1CCCO1. The summed E-state index contributed by atoms with van der Waals surface area (Å²) in [6.07, 6.45) is 8.71. The summed E-state index contributed by atoms with van der Waals surface area (Å²) in [5.41, 5.74) is 2.55. The molecule has 2 fully saturated rings. The Morgan fingerprint density at radius 2 is 2.00 bits per heavy atom. The molecule has 35 heavy (non-hydrogen) atoms. The van der Waals surface area contributed by atoms with E-state index in [-0.39, 0.29) is 29.1 Å². The predicted molar refractivity (Wildman–Crippen MR) is 135 cm³/mol. The quantitative estimate of drug-likeness (QED) is 0.549. The van der Waals surface area contributed by atoms with Gasteiger partial charge in [0.1, 0.15) is 0 Å². The molecule has 0 bridgehead atoms. The molecule has 1 saturated heterocycles. The number of urea groups is 1. The molecule has 1 saturated carbocycles. The molecule has 0 radical (unpaired) electrons. The van der Waals surface area contributed by atoms with Crippen molar-refractivity contribution in [2.24, 2.45) is 0 Å². The second kappa shape index (κ2) is 11.6. The fraction of sp³-hybridized carbons (Fsp3) is 0.615. The van der Waals surface area contributed by atoms with Gasteiger partial charge >= 0.3 is 6.03 Å². The maximum absolute atomic E-state index is 13.6. The van der Waals surface area contributed by atoms with E-state index >= 15 is 0 Å². The van der Waals surface area contributed by atoms with E-state index in [0.717, 1.165) is 68.4 Å². The number of sulfone groups is 1. The van der Waals surface area contributed by atoms with Gasteiger partial charge in [0.05, 0.1) is 30.3 Å². The number of carbonyl (C=O) groups excluding carboxylic acids is 1. The monoisotopic (exact) mass is 502 g/mol. The number of rotatable bonds is 9. The average Bonchev–Trinajstić information content (AvgIpc) is 3.49. The van der Waals surface area contributed by atoms with Gasteiger partial charge in [0.25, 0.3) is 0 Å². The third-order valence-electron chi connectivity index (χ3n) is 6.91. The van der Waals surface area contributed by atoms with Crippen LogP contribution in [0.25, 0.3) is 0 Å². The first-order valence-corrected chi connectivity index (χ1v) is 14.5. The van der Waals surface area contributed by atoms with Crippen LogP contribution in [0.3, 0.4) is 0 Å². The number of amides is 2. The number of hydrogen-bond donors (Lipinski definition) is 1. The summed E-state index contributed by atoms with van der Waals surface area (Å²) in [7, 11) is -3.67. The summed E-state index contributed by atoms with van der Waals surface area (Å²) in [5.74, 6) is -0.0895. The molecule has 1 aliphatic heterocycles. The van der Waals surface area contributed by atoms with Crippen LogP contribution in [0.1, 0.15) is 74.7 Å². The van der Waals surface area contributed by atoms with Gasteiger partial charge in [-0.1, -0.05) is 49.1 Å². The molecule has 8 nitrogen and oxygen atoms in total. The van der Waals surface area contributed by atoms with Crippen LogP contribution in [-0.4, -0.2) is 54.7 Å². The molecule has 1 aromatic heterocycles. The van der Waals surface area contributed by atoms with Crippen LogP contribution in [-0.2, 0) is 26.9 Å². The zero-order valence-corrected chi connectivity index (χ0v) is 21.7. The van der Waals surface area contributed by atoms with Gasteiger partial charge < -0.3 is 19.5 Å². The second-order valence-electron chi connectivity index (χ2n) is 9.79. The lowest BCUT2D eigenvalue weighted by Gasteiger charge is -2.30. The van der Waals surface area contributed by atoms with E-state index < -0.39 is 9.84 Å². The Hall–Kier alpha value is -2.39. The zero-order valence-electron chi connectivity index (χ0n) is 20.9. The summed E-state index contributed by atoms with van der Waals surface area (Å²) < 4.78 is 34.9. The van der Waals surface area contributed by atoms with Crippen LogP contribution in [0, 0.1) is 6.92 Å². The van der Waals surface area contributed by atoms with E-state index in [1.807, 2.05) is 42.7 Å². The lowest BCUT2D eigenvalue weighted by Crippen LogP contribution is -2.43. The first kappa shape index (κ1) is 25.7. The van der Waals surface area contributed by atoms with Crippen molar-refractivity contribution in [3.05, 3.63) is 47.3 Å². The molecule has 0 spiro atoms. The number of benzene rings is 1. The van der Waals surface area contributed by atoms with Crippen molar-refractivity contribution in [3.63, 3.8) is 0 Å². The van der Waals surface area contributed by atoms with Crippen molar-refractivity contribution in [2.45, 2.75) is 88.4 Å². The molecule has 2 aromatic rings. The Kier molecular flexibility index (Phi) is 8.49. The van der Waals surface area contributed by atoms with E-state index in [0.29, 0.717) is 19.6 Å². The predicted octanol–water partition coefficient (Wildman–Crippen LogP) is 4.38. The number of aryl methyl sites for hydroxylation is 1. The van der Waals surface area contributed by atoms with Crippen LogP contribution in [0.2, 0.25) is 0 Å². The Bertz CT molecular complexity index is 1100. The fourth-order valence-electron chi connectivity index (χ4n) is 5.25. The van der Waals surface area contributed by atoms with Crippen molar-refractivity contribution < 1.29 is 17.9 Å². The molecular formula is C26H38N4O4S. The third-order valence-corrected chi connectivity index (χ3v) is 8.48. The standard InChI is InChI=1S/C26H38N4O4S/c1-3-27-25(31)29(18-24-13-8-14-34-24)17-23-16-28-26(30(23)22-11-5-4-6-12-22)35(32,33)19-21-10-7-9-20(2)15-21/h7,9-10,15-16,22,24H,3-6,8,11-14,17-19H2,1-2H3,(H,27,31). The number of ether oxygens (including phenoxy) is 1. The zero-order chi connectivity index (χ0) is 24.8. The van der Waals surface area contributed by atoms with Gasteiger partial charge in [0, 0.05) is 25.7 Å².